The minimum absolute atomic E-state index is 0.00993. The van der Waals surface area contributed by atoms with Crippen molar-refractivity contribution in [2.75, 3.05) is 32.7 Å². The molecule has 1 aromatic rings. The van der Waals surface area contributed by atoms with Gasteiger partial charge in [-0.15, -0.1) is 0 Å². The standard InChI is InChI=1S/C34H54O8P2/c1-9-11-12-16-28-23-31(41-43(8,37)20-14-17-33(36)40-10-2)34(30-22-26(5)18-19-29(30)25(3)4)32(24-28)42-44(38,39-7)21-13-15-27(6)35/h22-24,29-30H,3,9-21H2,1-2,4-8H3. The van der Waals surface area contributed by atoms with E-state index < -0.39 is 15.0 Å². The van der Waals surface area contributed by atoms with Crippen LogP contribution in [0.3, 0.4) is 0 Å². The molecule has 0 bridgehead atoms. The highest BCUT2D eigenvalue weighted by molar-refractivity contribution is 7.58. The van der Waals surface area contributed by atoms with Crippen LogP contribution in [0.25, 0.3) is 0 Å². The summed E-state index contributed by atoms with van der Waals surface area (Å²) in [5.74, 6) is 0.358. The fourth-order valence-corrected chi connectivity index (χ4v) is 8.34. The first-order valence-electron chi connectivity index (χ1n) is 16.0. The van der Waals surface area contributed by atoms with E-state index in [1.165, 1.54) is 19.6 Å². The molecule has 44 heavy (non-hydrogen) atoms. The van der Waals surface area contributed by atoms with E-state index in [0.717, 1.165) is 49.7 Å². The van der Waals surface area contributed by atoms with Crippen molar-refractivity contribution in [3.8, 4) is 11.5 Å². The van der Waals surface area contributed by atoms with Crippen molar-refractivity contribution in [2.45, 2.75) is 105 Å². The van der Waals surface area contributed by atoms with Crippen LogP contribution in [0.4, 0.5) is 0 Å². The Kier molecular flexibility index (Phi) is 15.7. The highest BCUT2D eigenvalue weighted by Gasteiger charge is 2.35. The maximum atomic E-state index is 13.9. The van der Waals surface area contributed by atoms with Gasteiger partial charge in [-0.25, -0.2) is 4.57 Å². The predicted octanol–water partition coefficient (Wildman–Crippen LogP) is 9.65. The fraction of sp³-hybridized carbons (Fsp3) is 0.647. The molecule has 0 saturated carbocycles. The number of allylic oxidation sites excluding steroid dienone is 3. The van der Waals surface area contributed by atoms with Gasteiger partial charge in [0.05, 0.1) is 12.8 Å². The summed E-state index contributed by atoms with van der Waals surface area (Å²) in [6.07, 6.45) is 9.23. The zero-order chi connectivity index (χ0) is 32.9. The highest BCUT2D eigenvalue weighted by atomic mass is 31.2. The van der Waals surface area contributed by atoms with Gasteiger partial charge in [-0.05, 0) is 89.8 Å². The van der Waals surface area contributed by atoms with Gasteiger partial charge in [0.25, 0.3) is 0 Å². The third kappa shape index (κ3) is 12.3. The molecule has 1 aliphatic rings. The van der Waals surface area contributed by atoms with Crippen molar-refractivity contribution < 1.29 is 37.0 Å². The third-order valence-corrected chi connectivity index (χ3v) is 11.6. The van der Waals surface area contributed by atoms with Gasteiger partial charge in [-0.1, -0.05) is 43.6 Å². The lowest BCUT2D eigenvalue weighted by molar-refractivity contribution is -0.143. The number of unbranched alkanes of at least 4 members (excludes halogenated alkanes) is 2. The molecule has 0 aliphatic heterocycles. The van der Waals surface area contributed by atoms with Crippen LogP contribution in [-0.2, 0) is 34.4 Å². The van der Waals surface area contributed by atoms with Crippen LogP contribution in [0, 0.1) is 5.92 Å². The van der Waals surface area contributed by atoms with Crippen molar-refractivity contribution >= 4 is 26.7 Å². The summed E-state index contributed by atoms with van der Waals surface area (Å²) in [5.41, 5.74) is 3.82. The summed E-state index contributed by atoms with van der Waals surface area (Å²) < 4.78 is 51.2. The minimum atomic E-state index is -3.64. The average molecular weight is 653 g/mol. The van der Waals surface area contributed by atoms with Crippen molar-refractivity contribution in [2.24, 2.45) is 5.92 Å². The lowest BCUT2D eigenvalue weighted by atomic mass is 9.73. The Morgan fingerprint density at radius 2 is 1.64 bits per heavy atom. The number of ketones is 1. The normalized spacial score (nSPS) is 19.3. The highest BCUT2D eigenvalue weighted by Crippen LogP contribution is 2.56. The van der Waals surface area contributed by atoms with E-state index in [0.29, 0.717) is 36.5 Å². The molecule has 8 nitrogen and oxygen atoms in total. The Morgan fingerprint density at radius 1 is 0.977 bits per heavy atom. The number of Topliss-reactive ketones (excluding diaryl/α,β-unsaturated/α-hetero) is 1. The fourth-order valence-electron chi connectivity index (χ4n) is 5.61. The molecule has 2 rings (SSSR count). The molecular formula is C34H54O8P2. The molecule has 0 saturated heterocycles. The van der Waals surface area contributed by atoms with Crippen LogP contribution >= 0.6 is 15.0 Å². The van der Waals surface area contributed by atoms with E-state index in [9.17, 15) is 18.7 Å². The smallest absolute Gasteiger partial charge is 0.378 e. The van der Waals surface area contributed by atoms with Crippen LogP contribution in [-0.4, -0.2) is 44.5 Å². The summed E-state index contributed by atoms with van der Waals surface area (Å²) in [6, 6.07) is 3.86. The molecule has 0 fully saturated rings. The van der Waals surface area contributed by atoms with E-state index in [4.69, 9.17) is 18.3 Å². The van der Waals surface area contributed by atoms with Gasteiger partial charge in [-0.2, -0.15) is 0 Å². The topological polar surface area (TPSA) is 105 Å². The van der Waals surface area contributed by atoms with Gasteiger partial charge in [0.2, 0.25) is 7.37 Å². The molecule has 0 amide bonds. The van der Waals surface area contributed by atoms with Gasteiger partial charge >= 0.3 is 13.6 Å². The van der Waals surface area contributed by atoms with E-state index in [1.54, 1.807) is 13.6 Å². The first kappa shape index (κ1) is 38.0. The van der Waals surface area contributed by atoms with Gasteiger partial charge in [0.1, 0.15) is 17.3 Å². The summed E-state index contributed by atoms with van der Waals surface area (Å²) >= 11 is 0. The Labute approximate surface area is 265 Å². The molecular weight excluding hydrogens is 598 g/mol. The van der Waals surface area contributed by atoms with E-state index in [2.05, 4.69) is 26.5 Å². The molecule has 4 atom stereocenters. The minimum Gasteiger partial charge on any atom is -0.466 e. The Bertz CT molecular complexity index is 1270. The number of rotatable bonds is 20. The van der Waals surface area contributed by atoms with E-state index >= 15 is 0 Å². The molecule has 0 aromatic heterocycles. The average Bonchev–Trinajstić information content (AvgIpc) is 2.92. The van der Waals surface area contributed by atoms with Crippen molar-refractivity contribution in [1.29, 1.82) is 0 Å². The predicted molar refractivity (Wildman–Crippen MR) is 179 cm³/mol. The summed E-state index contributed by atoms with van der Waals surface area (Å²) in [5, 5.41) is 0. The van der Waals surface area contributed by atoms with Crippen LogP contribution in [0.5, 0.6) is 11.5 Å². The number of carbonyl (C=O) groups is 2. The van der Waals surface area contributed by atoms with Gasteiger partial charge in [-0.3, -0.25) is 9.36 Å². The third-order valence-electron chi connectivity index (χ3n) is 7.96. The zero-order valence-corrected chi connectivity index (χ0v) is 29.7. The molecule has 0 N–H and O–H groups in total. The van der Waals surface area contributed by atoms with Crippen LogP contribution in [0.1, 0.15) is 109 Å². The Balaban J connectivity index is 2.69. The molecule has 1 aliphatic carbocycles. The summed E-state index contributed by atoms with van der Waals surface area (Å²) in [4.78, 5) is 23.5. The van der Waals surface area contributed by atoms with Crippen molar-refractivity contribution in [3.05, 3.63) is 47.1 Å². The largest absolute Gasteiger partial charge is 0.466 e. The SMILES string of the molecule is C=C(C)C1CCC(C)=CC1c1c(OP(C)(=O)CCCC(=O)OCC)cc(CCCCC)cc1OP(=O)(CCCC(C)=O)OC. The van der Waals surface area contributed by atoms with E-state index in [1.807, 2.05) is 19.1 Å². The van der Waals surface area contributed by atoms with Crippen LogP contribution in [0.2, 0.25) is 0 Å². The molecule has 0 radical (unpaired) electrons. The molecule has 10 heteroatoms. The number of ether oxygens (including phenoxy) is 1. The van der Waals surface area contributed by atoms with E-state index in [-0.39, 0.29) is 48.8 Å². The van der Waals surface area contributed by atoms with Gasteiger partial charge in [0.15, 0.2) is 0 Å². The molecule has 1 aromatic carbocycles. The molecule has 4 unspecified atom stereocenters. The number of carbonyl (C=O) groups excluding carboxylic acids is 2. The lowest BCUT2D eigenvalue weighted by Gasteiger charge is -2.34. The lowest BCUT2D eigenvalue weighted by Crippen LogP contribution is -2.19. The number of esters is 1. The monoisotopic (exact) mass is 652 g/mol. The summed E-state index contributed by atoms with van der Waals surface area (Å²) in [6.45, 7) is 15.7. The molecule has 248 valence electrons. The van der Waals surface area contributed by atoms with Crippen molar-refractivity contribution in [3.63, 3.8) is 0 Å². The molecule has 0 heterocycles. The summed E-state index contributed by atoms with van der Waals surface area (Å²) in [7, 11) is -5.51. The zero-order valence-electron chi connectivity index (χ0n) is 27.9. The maximum Gasteiger partial charge on any atom is 0.378 e. The number of hydrogen-bond acceptors (Lipinski definition) is 8. The van der Waals surface area contributed by atoms with Crippen molar-refractivity contribution in [1.82, 2.24) is 0 Å². The van der Waals surface area contributed by atoms with Crippen LogP contribution < -0.4 is 9.05 Å². The second kappa shape index (κ2) is 18.1. The first-order valence-corrected chi connectivity index (χ1v) is 20.0. The number of aryl methyl sites for hydroxylation is 1. The Morgan fingerprint density at radius 3 is 2.23 bits per heavy atom. The maximum absolute atomic E-state index is 13.9. The quantitative estimate of drug-likeness (QED) is 0.0593. The second-order valence-corrected chi connectivity index (χ2v) is 17.0. The first-order chi connectivity index (χ1) is 20.7. The van der Waals surface area contributed by atoms with Gasteiger partial charge < -0.3 is 23.1 Å². The number of hydrogen-bond donors (Lipinski definition) is 0. The number of benzene rings is 1. The molecule has 0 spiro atoms. The van der Waals surface area contributed by atoms with Crippen LogP contribution in [0.15, 0.2) is 35.9 Å². The Hall–Kier alpha value is -2.14. The van der Waals surface area contributed by atoms with Gasteiger partial charge in [0, 0.05) is 44.3 Å². The second-order valence-electron chi connectivity index (χ2n) is 12.1.